The summed E-state index contributed by atoms with van der Waals surface area (Å²) in [6, 6.07) is 6.66. The Morgan fingerprint density at radius 1 is 1.35 bits per heavy atom. The van der Waals surface area contributed by atoms with Crippen LogP contribution in [0.5, 0.6) is 0 Å². The van der Waals surface area contributed by atoms with Gasteiger partial charge in [0.25, 0.3) is 0 Å². The van der Waals surface area contributed by atoms with Gasteiger partial charge < -0.3 is 5.11 Å². The summed E-state index contributed by atoms with van der Waals surface area (Å²) in [4.78, 5) is 0. The molecular weight excluding hydrogens is 246 g/mol. The molecule has 1 aliphatic rings. The van der Waals surface area contributed by atoms with Crippen molar-refractivity contribution in [1.82, 2.24) is 0 Å². The van der Waals surface area contributed by atoms with Gasteiger partial charge in [-0.25, -0.2) is 0 Å². The molecule has 1 saturated carbocycles. The van der Waals surface area contributed by atoms with Crippen molar-refractivity contribution in [3.05, 3.63) is 34.4 Å². The molecule has 0 aliphatic heterocycles. The lowest BCUT2D eigenvalue weighted by molar-refractivity contribution is 0.0630. The molecule has 0 aromatic heterocycles. The first kappa shape index (κ1) is 15.1. The highest BCUT2D eigenvalue weighted by Gasteiger charge is 2.45. The Kier molecular flexibility index (Phi) is 4.20. The van der Waals surface area contributed by atoms with Crippen LogP contribution in [0.4, 0.5) is 0 Å². The Hall–Kier alpha value is -1.33. The molecule has 3 atom stereocenters. The quantitative estimate of drug-likeness (QED) is 0.887. The molecule has 1 aromatic carbocycles. The summed E-state index contributed by atoms with van der Waals surface area (Å²) in [5.74, 6) is 0.579. The predicted octanol–water partition coefficient (Wildman–Crippen LogP) is 4.37. The molecule has 1 aromatic rings. The standard InChI is InChI=1S/C18H25NO/c1-5-15-6-7-18(10-15,11-19)17(20)16-13(3)8-12(2)9-14(16)4/h8-9,15,17,20H,5-7,10H2,1-4H3. The maximum Gasteiger partial charge on any atom is 0.0981 e. The Bertz CT molecular complexity index is 520. The molecule has 2 heteroatoms. The second kappa shape index (κ2) is 5.58. The van der Waals surface area contributed by atoms with Gasteiger partial charge in [0.1, 0.15) is 0 Å². The van der Waals surface area contributed by atoms with E-state index in [4.69, 9.17) is 0 Å². The zero-order valence-corrected chi connectivity index (χ0v) is 13.0. The summed E-state index contributed by atoms with van der Waals surface area (Å²) >= 11 is 0. The molecule has 2 rings (SSSR count). The van der Waals surface area contributed by atoms with E-state index in [1.807, 2.05) is 13.8 Å². The number of nitriles is 1. The van der Waals surface area contributed by atoms with Gasteiger partial charge in [0.05, 0.1) is 17.6 Å². The van der Waals surface area contributed by atoms with Crippen LogP contribution >= 0.6 is 0 Å². The first-order valence-electron chi connectivity index (χ1n) is 7.60. The van der Waals surface area contributed by atoms with E-state index in [1.165, 1.54) is 5.56 Å². The summed E-state index contributed by atoms with van der Waals surface area (Å²) in [6.45, 7) is 8.32. The van der Waals surface area contributed by atoms with Gasteiger partial charge >= 0.3 is 0 Å². The smallest absolute Gasteiger partial charge is 0.0981 e. The summed E-state index contributed by atoms with van der Waals surface area (Å²) in [5.41, 5.74) is 3.79. The number of hydrogen-bond donors (Lipinski definition) is 1. The third-order valence-corrected chi connectivity index (χ3v) is 4.99. The number of rotatable bonds is 3. The van der Waals surface area contributed by atoms with Crippen LogP contribution in [0.2, 0.25) is 0 Å². The van der Waals surface area contributed by atoms with E-state index in [1.54, 1.807) is 0 Å². The Balaban J connectivity index is 2.41. The number of benzene rings is 1. The van der Waals surface area contributed by atoms with Crippen molar-refractivity contribution in [2.45, 2.75) is 59.5 Å². The van der Waals surface area contributed by atoms with Crippen LogP contribution in [-0.4, -0.2) is 5.11 Å². The predicted molar refractivity (Wildman–Crippen MR) is 81.3 cm³/mol. The molecule has 1 fully saturated rings. The summed E-state index contributed by atoms with van der Waals surface area (Å²) in [6.07, 6.45) is 3.14. The topological polar surface area (TPSA) is 44.0 Å². The van der Waals surface area contributed by atoms with Crippen molar-refractivity contribution >= 4 is 0 Å². The van der Waals surface area contributed by atoms with Crippen LogP contribution in [0.25, 0.3) is 0 Å². The normalized spacial score (nSPS) is 27.3. The molecule has 0 heterocycles. The second-order valence-corrected chi connectivity index (χ2v) is 6.50. The highest BCUT2D eigenvalue weighted by molar-refractivity contribution is 5.41. The van der Waals surface area contributed by atoms with Gasteiger partial charge in [-0.3, -0.25) is 0 Å². The lowest BCUT2D eigenvalue weighted by Gasteiger charge is -2.30. The molecule has 2 nitrogen and oxygen atoms in total. The molecule has 1 N–H and O–H groups in total. The Labute approximate surface area is 122 Å². The molecule has 108 valence electrons. The average molecular weight is 271 g/mol. The van der Waals surface area contributed by atoms with Gasteiger partial charge in [0.2, 0.25) is 0 Å². The van der Waals surface area contributed by atoms with Gasteiger partial charge in [-0.05, 0) is 62.6 Å². The second-order valence-electron chi connectivity index (χ2n) is 6.50. The maximum atomic E-state index is 10.9. The average Bonchev–Trinajstić information content (AvgIpc) is 2.82. The van der Waals surface area contributed by atoms with Crippen molar-refractivity contribution in [1.29, 1.82) is 5.26 Å². The largest absolute Gasteiger partial charge is 0.387 e. The molecule has 20 heavy (non-hydrogen) atoms. The van der Waals surface area contributed by atoms with Crippen molar-refractivity contribution in [2.24, 2.45) is 11.3 Å². The summed E-state index contributed by atoms with van der Waals surface area (Å²) in [7, 11) is 0. The van der Waals surface area contributed by atoms with Crippen LogP contribution in [-0.2, 0) is 0 Å². The van der Waals surface area contributed by atoms with Crippen LogP contribution in [0.15, 0.2) is 12.1 Å². The minimum Gasteiger partial charge on any atom is -0.387 e. The molecule has 0 spiro atoms. The van der Waals surface area contributed by atoms with Gasteiger partial charge in [0, 0.05) is 0 Å². The third-order valence-electron chi connectivity index (χ3n) is 4.99. The number of nitrogens with zero attached hydrogens (tertiary/aromatic N) is 1. The van der Waals surface area contributed by atoms with E-state index >= 15 is 0 Å². The SMILES string of the molecule is CCC1CCC(C#N)(C(O)c2c(C)cc(C)cc2C)C1. The minimum atomic E-state index is -0.662. The van der Waals surface area contributed by atoms with E-state index in [2.05, 4.69) is 32.0 Å². The van der Waals surface area contributed by atoms with Crippen molar-refractivity contribution in [2.75, 3.05) is 0 Å². The first-order chi connectivity index (χ1) is 9.43. The van der Waals surface area contributed by atoms with Crippen LogP contribution < -0.4 is 0 Å². The first-order valence-corrected chi connectivity index (χ1v) is 7.60. The van der Waals surface area contributed by atoms with E-state index in [0.717, 1.165) is 42.4 Å². The monoisotopic (exact) mass is 271 g/mol. The molecule has 3 unspecified atom stereocenters. The molecule has 0 radical (unpaired) electrons. The van der Waals surface area contributed by atoms with Gasteiger partial charge in [-0.15, -0.1) is 0 Å². The highest BCUT2D eigenvalue weighted by atomic mass is 16.3. The van der Waals surface area contributed by atoms with Crippen LogP contribution in [0, 0.1) is 43.4 Å². The fourth-order valence-electron chi connectivity index (χ4n) is 3.84. The summed E-state index contributed by atoms with van der Waals surface area (Å²) in [5, 5.41) is 20.6. The fraction of sp³-hybridized carbons (Fsp3) is 0.611. The van der Waals surface area contributed by atoms with E-state index in [9.17, 15) is 10.4 Å². The number of hydrogen-bond acceptors (Lipinski definition) is 2. The molecule has 1 aliphatic carbocycles. The Morgan fingerprint density at radius 2 is 1.95 bits per heavy atom. The van der Waals surface area contributed by atoms with Crippen molar-refractivity contribution in [3.63, 3.8) is 0 Å². The Morgan fingerprint density at radius 3 is 2.40 bits per heavy atom. The van der Waals surface area contributed by atoms with E-state index < -0.39 is 11.5 Å². The highest BCUT2D eigenvalue weighted by Crippen LogP contribution is 2.51. The van der Waals surface area contributed by atoms with E-state index in [0.29, 0.717) is 5.92 Å². The number of aliphatic hydroxyl groups is 1. The maximum absolute atomic E-state index is 10.9. The van der Waals surface area contributed by atoms with Gasteiger partial charge in [-0.2, -0.15) is 5.26 Å². The lowest BCUT2D eigenvalue weighted by atomic mass is 9.75. The van der Waals surface area contributed by atoms with Crippen LogP contribution in [0.1, 0.15) is 61.0 Å². The van der Waals surface area contributed by atoms with Gasteiger partial charge in [-0.1, -0.05) is 31.0 Å². The van der Waals surface area contributed by atoms with E-state index in [-0.39, 0.29) is 0 Å². The lowest BCUT2D eigenvalue weighted by Crippen LogP contribution is -2.26. The zero-order valence-electron chi connectivity index (χ0n) is 13.0. The minimum absolute atomic E-state index is 0.579. The number of aryl methyl sites for hydroxylation is 3. The van der Waals surface area contributed by atoms with Crippen LogP contribution in [0.3, 0.4) is 0 Å². The number of aliphatic hydroxyl groups excluding tert-OH is 1. The van der Waals surface area contributed by atoms with Crippen molar-refractivity contribution < 1.29 is 5.11 Å². The molecule has 0 bridgehead atoms. The molecule has 0 amide bonds. The van der Waals surface area contributed by atoms with Gasteiger partial charge in [0.15, 0.2) is 0 Å². The third kappa shape index (κ3) is 2.47. The molecule has 0 saturated heterocycles. The van der Waals surface area contributed by atoms with Crippen molar-refractivity contribution in [3.8, 4) is 6.07 Å². The fourth-order valence-corrected chi connectivity index (χ4v) is 3.84. The molecular formula is C18H25NO. The summed E-state index contributed by atoms with van der Waals surface area (Å²) < 4.78 is 0. The zero-order chi connectivity index (χ0) is 14.9.